The lowest BCUT2D eigenvalue weighted by atomic mass is 10.3. The number of nitrogens with one attached hydrogen (secondary N) is 1. The third kappa shape index (κ3) is 3.15. The van der Waals surface area contributed by atoms with Crippen molar-refractivity contribution in [3.63, 3.8) is 0 Å². The largest absolute Gasteiger partial charge is 0.381 e. The van der Waals surface area contributed by atoms with Crippen molar-refractivity contribution in [3.8, 4) is 5.95 Å². The second kappa shape index (κ2) is 6.66. The Kier molecular flexibility index (Phi) is 4.09. The van der Waals surface area contributed by atoms with Crippen LogP contribution in [0.3, 0.4) is 0 Å². The molecule has 0 bridgehead atoms. The van der Waals surface area contributed by atoms with Gasteiger partial charge in [-0.25, -0.2) is 9.37 Å². The number of anilines is 3. The molecule has 0 unspecified atom stereocenters. The van der Waals surface area contributed by atoms with E-state index in [0.29, 0.717) is 5.92 Å². The number of hydrogen-bond acceptors (Lipinski definition) is 5. The fraction of sp³-hybridized carbons (Fsp3) is 0.150. The van der Waals surface area contributed by atoms with Crippen LogP contribution in [0, 0.1) is 11.6 Å². The molecule has 1 aliphatic carbocycles. The second-order valence-electron chi connectivity index (χ2n) is 6.89. The molecule has 29 heavy (non-hydrogen) atoms. The summed E-state index contributed by atoms with van der Waals surface area (Å²) in [6.45, 7) is 0. The van der Waals surface area contributed by atoms with Crippen molar-refractivity contribution in [3.05, 3.63) is 64.9 Å². The van der Waals surface area contributed by atoms with E-state index in [9.17, 15) is 8.78 Å². The fourth-order valence-electron chi connectivity index (χ4n) is 3.22. The van der Waals surface area contributed by atoms with Gasteiger partial charge in [-0.15, -0.1) is 0 Å². The van der Waals surface area contributed by atoms with E-state index in [1.54, 1.807) is 4.57 Å². The van der Waals surface area contributed by atoms with E-state index in [2.05, 4.69) is 15.3 Å². The van der Waals surface area contributed by atoms with Gasteiger partial charge in [0.25, 0.3) is 0 Å². The zero-order valence-electron chi connectivity index (χ0n) is 15.0. The number of nitrogen functional groups attached to an aromatic ring is 1. The van der Waals surface area contributed by atoms with Gasteiger partial charge < -0.3 is 11.1 Å². The molecule has 2 aromatic heterocycles. The van der Waals surface area contributed by atoms with E-state index in [1.807, 2.05) is 24.3 Å². The molecular formula is C20H15ClF2N6. The maximum Gasteiger partial charge on any atom is 0.239 e. The number of para-hydroxylation sites is 2. The Bertz CT molecular complexity index is 1250. The summed E-state index contributed by atoms with van der Waals surface area (Å²) in [6, 6.07) is 11.6. The third-order valence-corrected chi connectivity index (χ3v) is 5.08. The number of halogens is 3. The van der Waals surface area contributed by atoms with Crippen LogP contribution in [0.15, 0.2) is 42.5 Å². The van der Waals surface area contributed by atoms with Crippen molar-refractivity contribution in [2.45, 2.75) is 18.8 Å². The number of nitrogens with zero attached hydrogens (tertiary/aromatic N) is 4. The van der Waals surface area contributed by atoms with Crippen molar-refractivity contribution in [2.24, 2.45) is 0 Å². The van der Waals surface area contributed by atoms with Gasteiger partial charge in [0.05, 0.1) is 16.1 Å². The SMILES string of the molecule is Nc1nc(-n2c(C3CC3)nc3ccccc32)nc(Nc2ccc(Cl)c(F)c2)c1F. The van der Waals surface area contributed by atoms with Crippen LogP contribution < -0.4 is 11.1 Å². The summed E-state index contributed by atoms with van der Waals surface area (Å²) in [5.74, 6) is -0.589. The highest BCUT2D eigenvalue weighted by atomic mass is 35.5. The standard InChI is InChI=1S/C20H15ClF2N6/c21-12-8-7-11(9-13(12)22)25-18-16(23)17(24)27-20(28-18)29-15-4-2-1-3-14(15)26-19(29)10-5-6-10/h1-4,7-10H,5-6H2,(H3,24,25,27,28). The molecule has 1 fully saturated rings. The smallest absolute Gasteiger partial charge is 0.239 e. The quantitative estimate of drug-likeness (QED) is 0.495. The van der Waals surface area contributed by atoms with Crippen molar-refractivity contribution >= 4 is 40.0 Å². The molecule has 0 aliphatic heterocycles. The van der Waals surface area contributed by atoms with Crippen molar-refractivity contribution in [2.75, 3.05) is 11.1 Å². The van der Waals surface area contributed by atoms with Crippen LogP contribution in [-0.2, 0) is 0 Å². The van der Waals surface area contributed by atoms with Crippen LogP contribution in [0.4, 0.5) is 26.1 Å². The highest BCUT2D eigenvalue weighted by Crippen LogP contribution is 2.41. The minimum atomic E-state index is -0.818. The van der Waals surface area contributed by atoms with Crippen LogP contribution in [0.5, 0.6) is 0 Å². The predicted molar refractivity (Wildman–Crippen MR) is 108 cm³/mol. The molecular weight excluding hydrogens is 398 g/mol. The molecule has 0 spiro atoms. The molecule has 3 N–H and O–H groups in total. The van der Waals surface area contributed by atoms with Gasteiger partial charge in [0, 0.05) is 11.6 Å². The number of benzene rings is 2. The highest BCUT2D eigenvalue weighted by molar-refractivity contribution is 6.30. The number of fused-ring (bicyclic) bond motifs is 1. The molecule has 5 rings (SSSR count). The van der Waals surface area contributed by atoms with Gasteiger partial charge in [0.2, 0.25) is 11.8 Å². The third-order valence-electron chi connectivity index (χ3n) is 4.78. The Morgan fingerprint density at radius 1 is 1.07 bits per heavy atom. The topological polar surface area (TPSA) is 81.7 Å². The second-order valence-corrected chi connectivity index (χ2v) is 7.30. The summed E-state index contributed by atoms with van der Waals surface area (Å²) >= 11 is 5.71. The molecule has 2 aromatic carbocycles. The molecule has 6 nitrogen and oxygen atoms in total. The van der Waals surface area contributed by atoms with Gasteiger partial charge >= 0.3 is 0 Å². The molecule has 0 atom stereocenters. The van der Waals surface area contributed by atoms with E-state index < -0.39 is 11.6 Å². The van der Waals surface area contributed by atoms with Gasteiger partial charge in [-0.2, -0.15) is 14.4 Å². The average molecular weight is 413 g/mol. The lowest BCUT2D eigenvalue weighted by Crippen LogP contribution is -2.11. The van der Waals surface area contributed by atoms with Gasteiger partial charge in [0.15, 0.2) is 11.6 Å². The Morgan fingerprint density at radius 2 is 1.86 bits per heavy atom. The van der Waals surface area contributed by atoms with E-state index in [0.717, 1.165) is 35.8 Å². The molecule has 1 saturated carbocycles. The van der Waals surface area contributed by atoms with Gasteiger partial charge in [-0.1, -0.05) is 23.7 Å². The first kappa shape index (κ1) is 17.8. The summed E-state index contributed by atoms with van der Waals surface area (Å²) < 4.78 is 30.2. The summed E-state index contributed by atoms with van der Waals surface area (Å²) in [5.41, 5.74) is 7.72. The lowest BCUT2D eigenvalue weighted by molar-refractivity contribution is 0.621. The Hall–Kier alpha value is -3.26. The van der Waals surface area contributed by atoms with Crippen molar-refractivity contribution in [1.29, 1.82) is 0 Å². The maximum atomic E-state index is 14.6. The number of aromatic nitrogens is 4. The van der Waals surface area contributed by atoms with Crippen LogP contribution >= 0.6 is 11.6 Å². The first-order valence-corrected chi connectivity index (χ1v) is 9.42. The number of imidazole rings is 1. The van der Waals surface area contributed by atoms with Crippen LogP contribution in [0.25, 0.3) is 17.0 Å². The zero-order chi connectivity index (χ0) is 20.1. The van der Waals surface area contributed by atoms with Gasteiger partial charge in [-0.3, -0.25) is 4.57 Å². The molecule has 0 radical (unpaired) electrons. The normalized spacial score (nSPS) is 13.8. The van der Waals surface area contributed by atoms with E-state index >= 15 is 0 Å². The number of hydrogen-bond donors (Lipinski definition) is 2. The number of nitrogens with two attached hydrogens (primary N) is 1. The predicted octanol–water partition coefficient (Wildman–Crippen LogP) is 4.95. The van der Waals surface area contributed by atoms with E-state index in [1.165, 1.54) is 12.1 Å². The Morgan fingerprint density at radius 3 is 2.62 bits per heavy atom. The molecule has 0 amide bonds. The molecule has 9 heteroatoms. The van der Waals surface area contributed by atoms with E-state index in [4.69, 9.17) is 22.3 Å². The Labute approximate surface area is 169 Å². The van der Waals surface area contributed by atoms with E-state index in [-0.39, 0.29) is 28.3 Å². The van der Waals surface area contributed by atoms with Gasteiger partial charge in [-0.05, 0) is 43.2 Å². The van der Waals surface area contributed by atoms with Crippen LogP contribution in [-0.4, -0.2) is 19.5 Å². The summed E-state index contributed by atoms with van der Waals surface area (Å²) in [5, 5.41) is 2.73. The minimum absolute atomic E-state index is 0.0297. The van der Waals surface area contributed by atoms with Crippen LogP contribution in [0.1, 0.15) is 24.6 Å². The molecule has 1 aliphatic rings. The highest BCUT2D eigenvalue weighted by Gasteiger charge is 2.31. The molecule has 146 valence electrons. The maximum absolute atomic E-state index is 14.6. The average Bonchev–Trinajstić information content (AvgIpc) is 3.48. The summed E-state index contributed by atoms with van der Waals surface area (Å²) in [7, 11) is 0. The number of rotatable bonds is 4. The minimum Gasteiger partial charge on any atom is -0.381 e. The molecule has 4 aromatic rings. The first-order valence-electron chi connectivity index (χ1n) is 9.04. The first-order chi connectivity index (χ1) is 14.0. The summed E-state index contributed by atoms with van der Waals surface area (Å²) in [4.78, 5) is 13.2. The molecule has 2 heterocycles. The Balaban J connectivity index is 1.65. The zero-order valence-corrected chi connectivity index (χ0v) is 15.8. The van der Waals surface area contributed by atoms with Gasteiger partial charge in [0.1, 0.15) is 11.6 Å². The molecule has 0 saturated heterocycles. The van der Waals surface area contributed by atoms with Crippen LogP contribution in [0.2, 0.25) is 5.02 Å². The van der Waals surface area contributed by atoms with Crippen molar-refractivity contribution in [1.82, 2.24) is 19.5 Å². The lowest BCUT2D eigenvalue weighted by Gasteiger charge is -2.12. The summed E-state index contributed by atoms with van der Waals surface area (Å²) in [6.07, 6.45) is 2.05. The fourth-order valence-corrected chi connectivity index (χ4v) is 3.33. The monoisotopic (exact) mass is 412 g/mol. The van der Waals surface area contributed by atoms with Crippen molar-refractivity contribution < 1.29 is 8.78 Å².